The fourth-order valence-corrected chi connectivity index (χ4v) is 3.31. The smallest absolute Gasteiger partial charge is 0.272 e. The number of hydrogen-bond donors (Lipinski definition) is 3. The summed E-state index contributed by atoms with van der Waals surface area (Å²) in [5.41, 5.74) is 4.57. The largest absolute Gasteiger partial charge is 0.335 e. The van der Waals surface area contributed by atoms with E-state index >= 15 is 0 Å². The third-order valence-corrected chi connectivity index (χ3v) is 5.04. The highest BCUT2D eigenvalue weighted by atomic mass is 16.2. The molecule has 0 aliphatic rings. The van der Waals surface area contributed by atoms with Gasteiger partial charge in [-0.3, -0.25) is 14.4 Å². The van der Waals surface area contributed by atoms with Crippen molar-refractivity contribution in [1.29, 1.82) is 0 Å². The van der Waals surface area contributed by atoms with E-state index in [1.807, 2.05) is 31.2 Å². The summed E-state index contributed by atoms with van der Waals surface area (Å²) in [5.74, 6) is -1.07. The zero-order valence-corrected chi connectivity index (χ0v) is 17.8. The fourth-order valence-electron chi connectivity index (χ4n) is 3.31. The number of rotatable bonds is 6. The Morgan fingerprint density at radius 2 is 1.61 bits per heavy atom. The van der Waals surface area contributed by atoms with E-state index in [2.05, 4.69) is 26.0 Å². The van der Waals surface area contributed by atoms with Crippen LogP contribution in [-0.4, -0.2) is 28.2 Å². The predicted octanol–water partition coefficient (Wildman–Crippen LogP) is 2.85. The molecule has 0 radical (unpaired) electrons. The molecule has 0 saturated carbocycles. The van der Waals surface area contributed by atoms with Crippen LogP contribution in [0, 0.1) is 6.92 Å². The molecular weight excluding hydrogens is 418 g/mol. The van der Waals surface area contributed by atoms with E-state index in [9.17, 15) is 14.4 Å². The molecule has 1 aromatic heterocycles. The summed E-state index contributed by atoms with van der Waals surface area (Å²) in [5, 5.41) is 14.0. The molecule has 0 aliphatic carbocycles. The van der Waals surface area contributed by atoms with E-state index in [0.29, 0.717) is 16.3 Å². The van der Waals surface area contributed by atoms with E-state index in [1.54, 1.807) is 54.6 Å². The molecule has 3 N–H and O–H groups in total. The van der Waals surface area contributed by atoms with Crippen molar-refractivity contribution in [1.82, 2.24) is 20.9 Å². The van der Waals surface area contributed by atoms with Crippen molar-refractivity contribution < 1.29 is 9.59 Å². The van der Waals surface area contributed by atoms with Crippen LogP contribution in [0.3, 0.4) is 0 Å². The second kappa shape index (κ2) is 9.69. The van der Waals surface area contributed by atoms with Gasteiger partial charge in [-0.15, -0.1) is 0 Å². The number of amides is 2. The van der Waals surface area contributed by atoms with Crippen LogP contribution in [0.5, 0.6) is 0 Å². The highest BCUT2D eigenvalue weighted by Gasteiger charge is 2.27. The van der Waals surface area contributed by atoms with Gasteiger partial charge in [-0.1, -0.05) is 66.2 Å². The second-order valence-electron chi connectivity index (χ2n) is 7.40. The Kier molecular flexibility index (Phi) is 6.36. The van der Waals surface area contributed by atoms with Crippen LogP contribution in [0.1, 0.15) is 33.2 Å². The van der Waals surface area contributed by atoms with Crippen molar-refractivity contribution in [2.45, 2.75) is 13.0 Å². The topological polar surface area (TPSA) is 116 Å². The molecule has 3 aromatic carbocycles. The highest BCUT2D eigenvalue weighted by molar-refractivity contribution is 5.99. The summed E-state index contributed by atoms with van der Waals surface area (Å²) < 4.78 is 0. The Morgan fingerprint density at radius 3 is 2.33 bits per heavy atom. The number of hydrogen-bond acceptors (Lipinski definition) is 5. The van der Waals surface area contributed by atoms with Crippen LogP contribution < -0.4 is 16.3 Å². The van der Waals surface area contributed by atoms with Gasteiger partial charge in [-0.25, -0.2) is 10.5 Å². The lowest BCUT2D eigenvalue weighted by Crippen LogP contribution is -2.40. The highest BCUT2D eigenvalue weighted by Crippen LogP contribution is 2.20. The van der Waals surface area contributed by atoms with Gasteiger partial charge in [0, 0.05) is 10.9 Å². The van der Waals surface area contributed by atoms with Gasteiger partial charge in [-0.05, 0) is 30.7 Å². The van der Waals surface area contributed by atoms with Gasteiger partial charge in [0.25, 0.3) is 17.4 Å². The molecule has 0 spiro atoms. The number of aryl methyl sites for hydroxylation is 1. The summed E-state index contributed by atoms with van der Waals surface area (Å²) in [6, 6.07) is 21.7. The molecule has 0 aliphatic heterocycles. The number of aromatic amines is 1. The average Bonchev–Trinajstić information content (AvgIpc) is 2.85. The monoisotopic (exact) mass is 439 g/mol. The molecule has 2 amide bonds. The summed E-state index contributed by atoms with van der Waals surface area (Å²) in [6.07, 6.45) is 1.51. The summed E-state index contributed by atoms with van der Waals surface area (Å²) in [4.78, 5) is 38.1. The van der Waals surface area contributed by atoms with E-state index in [0.717, 1.165) is 11.1 Å². The molecule has 1 atom stereocenters. The first-order valence-electron chi connectivity index (χ1n) is 10.3. The number of aromatic nitrogens is 2. The quantitative estimate of drug-likeness (QED) is 0.316. The first-order valence-corrected chi connectivity index (χ1v) is 10.3. The van der Waals surface area contributed by atoms with Crippen molar-refractivity contribution in [2.75, 3.05) is 0 Å². The lowest BCUT2D eigenvalue weighted by molar-refractivity contribution is -0.123. The molecule has 1 heterocycles. The van der Waals surface area contributed by atoms with Crippen molar-refractivity contribution in [3.8, 4) is 0 Å². The number of nitrogens with zero attached hydrogens (tertiary/aromatic N) is 2. The average molecular weight is 439 g/mol. The standard InChI is InChI=1S/C25H21N5O3/c1-16-11-13-17(14-12-16)15-26-29-25(33)22(27-23(31)18-7-3-2-4-8-18)21-19-9-5-6-10-20(19)24(32)30-28-21/h2-15,22H,1H3,(H,27,31)(H,29,33)(H,30,32)/b26-15-/t22-/m0/s1. The molecule has 0 bridgehead atoms. The normalized spacial score (nSPS) is 11.9. The van der Waals surface area contributed by atoms with E-state index in [4.69, 9.17) is 0 Å². The zero-order chi connectivity index (χ0) is 23.2. The molecule has 8 nitrogen and oxygen atoms in total. The minimum absolute atomic E-state index is 0.206. The van der Waals surface area contributed by atoms with E-state index in [1.165, 1.54) is 6.21 Å². The Labute approximate surface area is 189 Å². The van der Waals surface area contributed by atoms with Gasteiger partial charge in [0.2, 0.25) is 0 Å². The molecule has 4 aromatic rings. The third kappa shape index (κ3) is 5.01. The molecule has 0 saturated heterocycles. The lowest BCUT2D eigenvalue weighted by Gasteiger charge is -2.18. The van der Waals surface area contributed by atoms with Gasteiger partial charge >= 0.3 is 0 Å². The molecule has 33 heavy (non-hydrogen) atoms. The Bertz CT molecular complexity index is 1380. The second-order valence-corrected chi connectivity index (χ2v) is 7.40. The molecular formula is C25H21N5O3. The van der Waals surface area contributed by atoms with Crippen molar-refractivity contribution in [2.24, 2.45) is 5.10 Å². The molecule has 0 fully saturated rings. The zero-order valence-electron chi connectivity index (χ0n) is 17.8. The van der Waals surface area contributed by atoms with Gasteiger partial charge in [-0.2, -0.15) is 10.2 Å². The number of H-pyrrole nitrogens is 1. The van der Waals surface area contributed by atoms with Gasteiger partial charge in [0.15, 0.2) is 6.04 Å². The van der Waals surface area contributed by atoms with Crippen LogP contribution in [0.25, 0.3) is 10.8 Å². The molecule has 164 valence electrons. The predicted molar refractivity (Wildman–Crippen MR) is 126 cm³/mol. The summed E-state index contributed by atoms with van der Waals surface area (Å²) in [7, 11) is 0. The van der Waals surface area contributed by atoms with Crippen molar-refractivity contribution >= 4 is 28.8 Å². The maximum atomic E-state index is 13.1. The minimum Gasteiger partial charge on any atom is -0.335 e. The van der Waals surface area contributed by atoms with Crippen LogP contribution in [-0.2, 0) is 4.79 Å². The fraction of sp³-hybridized carbons (Fsp3) is 0.0800. The van der Waals surface area contributed by atoms with Crippen LogP contribution in [0.15, 0.2) is 88.8 Å². The number of carbonyl (C=O) groups excluding carboxylic acids is 2. The number of nitrogens with one attached hydrogen (secondary N) is 3. The minimum atomic E-state index is -1.20. The Balaban J connectivity index is 1.66. The van der Waals surface area contributed by atoms with Crippen LogP contribution in [0.2, 0.25) is 0 Å². The third-order valence-electron chi connectivity index (χ3n) is 5.04. The van der Waals surface area contributed by atoms with Gasteiger partial charge in [0.05, 0.1) is 11.6 Å². The van der Waals surface area contributed by atoms with Crippen molar-refractivity contribution in [3.05, 3.63) is 112 Å². The van der Waals surface area contributed by atoms with Gasteiger partial charge < -0.3 is 5.32 Å². The Morgan fingerprint density at radius 1 is 0.939 bits per heavy atom. The maximum Gasteiger partial charge on any atom is 0.272 e. The van der Waals surface area contributed by atoms with E-state index in [-0.39, 0.29) is 11.3 Å². The number of benzene rings is 3. The SMILES string of the molecule is Cc1ccc(/C=N\NC(=O)[C@@H](NC(=O)c2ccccc2)c2n[nH]c(=O)c3ccccc23)cc1. The maximum absolute atomic E-state index is 13.1. The number of carbonyl (C=O) groups is 2. The molecule has 0 unspecified atom stereocenters. The molecule has 4 rings (SSSR count). The van der Waals surface area contributed by atoms with Gasteiger partial charge in [0.1, 0.15) is 5.69 Å². The van der Waals surface area contributed by atoms with Crippen LogP contribution >= 0.6 is 0 Å². The lowest BCUT2D eigenvalue weighted by atomic mass is 10.0. The first kappa shape index (κ1) is 21.6. The van der Waals surface area contributed by atoms with Crippen LogP contribution in [0.4, 0.5) is 0 Å². The van der Waals surface area contributed by atoms with E-state index < -0.39 is 17.9 Å². The van der Waals surface area contributed by atoms with Crippen molar-refractivity contribution in [3.63, 3.8) is 0 Å². The summed E-state index contributed by atoms with van der Waals surface area (Å²) >= 11 is 0. The molecule has 8 heteroatoms. The number of fused-ring (bicyclic) bond motifs is 1. The number of hydrazone groups is 1. The summed E-state index contributed by atoms with van der Waals surface area (Å²) in [6.45, 7) is 1.98. The first-order chi connectivity index (χ1) is 16.0. The Hall–Kier alpha value is -4.59.